The summed E-state index contributed by atoms with van der Waals surface area (Å²) >= 11 is 0. The summed E-state index contributed by atoms with van der Waals surface area (Å²) < 4.78 is 0. The van der Waals surface area contributed by atoms with E-state index in [4.69, 9.17) is 0 Å². The molecule has 1 fully saturated rings. The van der Waals surface area contributed by atoms with Crippen molar-refractivity contribution in [2.75, 3.05) is 13.1 Å². The van der Waals surface area contributed by atoms with E-state index >= 15 is 0 Å². The van der Waals surface area contributed by atoms with Gasteiger partial charge in [-0.3, -0.25) is 9.59 Å². The van der Waals surface area contributed by atoms with E-state index in [0.29, 0.717) is 18.9 Å². The molecule has 2 atom stereocenters. The third-order valence-electron chi connectivity index (χ3n) is 2.84. The Balaban J connectivity index is 2.34. The molecule has 1 saturated heterocycles. The second-order valence-electron chi connectivity index (χ2n) is 5.52. The van der Waals surface area contributed by atoms with Crippen molar-refractivity contribution in [1.29, 1.82) is 0 Å². The number of aliphatic hydroxyl groups is 1. The minimum Gasteiger partial charge on any atom is -0.388 e. The normalized spacial score (nSPS) is 23.4. The van der Waals surface area contributed by atoms with E-state index in [9.17, 15) is 14.7 Å². The van der Waals surface area contributed by atoms with Gasteiger partial charge in [-0.25, -0.2) is 0 Å². The zero-order valence-electron chi connectivity index (χ0n) is 10.7. The molecule has 0 aromatic heterocycles. The highest BCUT2D eigenvalue weighted by atomic mass is 16.3. The van der Waals surface area contributed by atoms with Crippen LogP contribution in [0, 0.1) is 11.8 Å². The molecule has 17 heavy (non-hydrogen) atoms. The summed E-state index contributed by atoms with van der Waals surface area (Å²) in [5.41, 5.74) is -0.889. The van der Waals surface area contributed by atoms with E-state index in [1.165, 1.54) is 0 Å². The monoisotopic (exact) mass is 242 g/mol. The molecule has 0 bridgehead atoms. The smallest absolute Gasteiger partial charge is 0.225 e. The average Bonchev–Trinajstić information content (AvgIpc) is 2.59. The van der Waals surface area contributed by atoms with E-state index in [1.54, 1.807) is 6.92 Å². The van der Waals surface area contributed by atoms with Gasteiger partial charge in [0.1, 0.15) is 0 Å². The number of hydrogen-bond acceptors (Lipinski definition) is 3. The lowest BCUT2D eigenvalue weighted by Crippen LogP contribution is -2.43. The number of carbonyl (C=O) groups is 2. The Labute approximate surface area is 102 Å². The Morgan fingerprint density at radius 2 is 2.29 bits per heavy atom. The summed E-state index contributed by atoms with van der Waals surface area (Å²) in [4.78, 5) is 22.7. The molecule has 98 valence electrons. The fourth-order valence-electron chi connectivity index (χ4n) is 2.16. The first-order valence-electron chi connectivity index (χ1n) is 6.07. The van der Waals surface area contributed by atoms with Gasteiger partial charge in [-0.05, 0) is 19.3 Å². The number of hydrogen-bond donors (Lipinski definition) is 3. The van der Waals surface area contributed by atoms with Crippen molar-refractivity contribution in [2.24, 2.45) is 11.8 Å². The third kappa shape index (κ3) is 4.73. The molecule has 1 aliphatic rings. The molecule has 1 aliphatic heterocycles. The van der Waals surface area contributed by atoms with Gasteiger partial charge in [0.15, 0.2) is 0 Å². The van der Waals surface area contributed by atoms with Crippen LogP contribution < -0.4 is 10.6 Å². The second kappa shape index (κ2) is 5.49. The van der Waals surface area contributed by atoms with Crippen LogP contribution in [0.2, 0.25) is 0 Å². The molecule has 1 rings (SSSR count). The average molecular weight is 242 g/mol. The summed E-state index contributed by atoms with van der Waals surface area (Å²) in [7, 11) is 0. The quantitative estimate of drug-likeness (QED) is 0.636. The van der Waals surface area contributed by atoms with Gasteiger partial charge in [0.05, 0.1) is 11.5 Å². The summed E-state index contributed by atoms with van der Waals surface area (Å²) in [5.74, 6) is -0.166. The largest absolute Gasteiger partial charge is 0.388 e. The molecular formula is C12H22N2O3. The Morgan fingerprint density at radius 1 is 1.65 bits per heavy atom. The van der Waals surface area contributed by atoms with E-state index in [1.807, 2.05) is 13.8 Å². The van der Waals surface area contributed by atoms with Crippen molar-refractivity contribution in [1.82, 2.24) is 10.6 Å². The molecule has 3 N–H and O–H groups in total. The van der Waals surface area contributed by atoms with E-state index in [2.05, 4.69) is 10.6 Å². The van der Waals surface area contributed by atoms with Crippen molar-refractivity contribution in [3.05, 3.63) is 0 Å². The fourth-order valence-corrected chi connectivity index (χ4v) is 2.16. The topological polar surface area (TPSA) is 78.4 Å². The molecule has 0 saturated carbocycles. The van der Waals surface area contributed by atoms with Gasteiger partial charge in [0.25, 0.3) is 0 Å². The standard InChI is InChI=1S/C12H22N2O3/c1-8(2)5-12(3,17)7-14-11(16)9-4-10(15)13-6-9/h8-9,17H,4-7H2,1-3H3,(H,13,15)(H,14,16). The highest BCUT2D eigenvalue weighted by molar-refractivity contribution is 5.89. The molecule has 0 aliphatic carbocycles. The first-order valence-corrected chi connectivity index (χ1v) is 6.07. The van der Waals surface area contributed by atoms with Gasteiger partial charge >= 0.3 is 0 Å². The van der Waals surface area contributed by atoms with Crippen LogP contribution in [-0.4, -0.2) is 35.6 Å². The lowest BCUT2D eigenvalue weighted by molar-refractivity contribution is -0.127. The maximum Gasteiger partial charge on any atom is 0.225 e. The number of carbonyl (C=O) groups excluding carboxylic acids is 2. The lowest BCUT2D eigenvalue weighted by atomic mass is 9.94. The van der Waals surface area contributed by atoms with Crippen molar-refractivity contribution >= 4 is 11.8 Å². The summed E-state index contributed by atoms with van der Waals surface area (Å²) in [6.45, 7) is 6.39. The predicted octanol–water partition coefficient (Wildman–Crippen LogP) is 0.0358. The predicted molar refractivity (Wildman–Crippen MR) is 64.2 cm³/mol. The molecule has 2 amide bonds. The highest BCUT2D eigenvalue weighted by Gasteiger charge is 2.29. The van der Waals surface area contributed by atoms with Crippen LogP contribution in [0.1, 0.15) is 33.6 Å². The van der Waals surface area contributed by atoms with Crippen LogP contribution in [0.4, 0.5) is 0 Å². The van der Waals surface area contributed by atoms with E-state index in [0.717, 1.165) is 0 Å². The highest BCUT2D eigenvalue weighted by Crippen LogP contribution is 2.16. The zero-order valence-corrected chi connectivity index (χ0v) is 10.7. The van der Waals surface area contributed by atoms with Crippen LogP contribution >= 0.6 is 0 Å². The number of amides is 2. The Hall–Kier alpha value is -1.10. The molecule has 5 heteroatoms. The number of nitrogens with one attached hydrogen (secondary N) is 2. The van der Waals surface area contributed by atoms with Gasteiger partial charge in [0, 0.05) is 19.5 Å². The van der Waals surface area contributed by atoms with Gasteiger partial charge in [-0.1, -0.05) is 13.8 Å². The lowest BCUT2D eigenvalue weighted by Gasteiger charge is -2.26. The Kier molecular flexibility index (Phi) is 4.51. The maximum absolute atomic E-state index is 11.7. The third-order valence-corrected chi connectivity index (χ3v) is 2.84. The molecule has 5 nitrogen and oxygen atoms in total. The molecule has 0 spiro atoms. The van der Waals surface area contributed by atoms with Crippen LogP contribution in [0.25, 0.3) is 0 Å². The zero-order chi connectivity index (χ0) is 13.1. The SMILES string of the molecule is CC(C)CC(C)(O)CNC(=O)C1CNC(=O)C1. The van der Waals surface area contributed by atoms with E-state index < -0.39 is 5.60 Å². The Bertz CT molecular complexity index is 300. The summed E-state index contributed by atoms with van der Waals surface area (Å²) in [5, 5.41) is 15.4. The van der Waals surface area contributed by atoms with Crippen molar-refractivity contribution < 1.29 is 14.7 Å². The van der Waals surface area contributed by atoms with Crippen LogP contribution in [-0.2, 0) is 9.59 Å². The molecule has 0 aromatic carbocycles. The summed E-state index contributed by atoms with van der Waals surface area (Å²) in [6, 6.07) is 0. The molecule has 1 heterocycles. The first kappa shape index (κ1) is 14.0. The second-order valence-corrected chi connectivity index (χ2v) is 5.52. The van der Waals surface area contributed by atoms with Crippen molar-refractivity contribution in [3.63, 3.8) is 0 Å². The maximum atomic E-state index is 11.7. The first-order chi connectivity index (χ1) is 7.80. The van der Waals surface area contributed by atoms with Crippen LogP contribution in [0.5, 0.6) is 0 Å². The molecule has 0 radical (unpaired) electrons. The van der Waals surface area contributed by atoms with Crippen LogP contribution in [0.15, 0.2) is 0 Å². The van der Waals surface area contributed by atoms with Gasteiger partial charge in [-0.2, -0.15) is 0 Å². The van der Waals surface area contributed by atoms with Gasteiger partial charge in [-0.15, -0.1) is 0 Å². The molecule has 0 aromatic rings. The van der Waals surface area contributed by atoms with Crippen LogP contribution in [0.3, 0.4) is 0 Å². The fraction of sp³-hybridized carbons (Fsp3) is 0.833. The molecular weight excluding hydrogens is 220 g/mol. The minimum atomic E-state index is -0.889. The Morgan fingerprint density at radius 3 is 2.76 bits per heavy atom. The molecule has 2 unspecified atom stereocenters. The summed E-state index contributed by atoms with van der Waals surface area (Å²) in [6.07, 6.45) is 0.882. The van der Waals surface area contributed by atoms with Crippen molar-refractivity contribution in [2.45, 2.75) is 39.2 Å². The van der Waals surface area contributed by atoms with Gasteiger partial charge in [0.2, 0.25) is 11.8 Å². The van der Waals surface area contributed by atoms with Crippen molar-refractivity contribution in [3.8, 4) is 0 Å². The minimum absolute atomic E-state index is 0.0842. The van der Waals surface area contributed by atoms with Gasteiger partial charge < -0.3 is 15.7 Å². The van der Waals surface area contributed by atoms with E-state index in [-0.39, 0.29) is 30.7 Å². The number of rotatable bonds is 5.